The molecule has 2 aromatic carbocycles. The van der Waals surface area contributed by atoms with E-state index in [2.05, 4.69) is 15.5 Å². The predicted molar refractivity (Wildman–Crippen MR) is 111 cm³/mol. The maximum Gasteiger partial charge on any atom is 0.287 e. The molecule has 0 aliphatic carbocycles. The minimum absolute atomic E-state index is 0.331. The summed E-state index contributed by atoms with van der Waals surface area (Å²) < 4.78 is 21.6. The highest BCUT2D eigenvalue weighted by Gasteiger charge is 2.19. The Kier molecular flexibility index (Phi) is 6.23. The molecule has 29 heavy (non-hydrogen) atoms. The van der Waals surface area contributed by atoms with Gasteiger partial charge in [0.1, 0.15) is 11.4 Å². The van der Waals surface area contributed by atoms with Crippen LogP contribution in [-0.4, -0.2) is 45.0 Å². The van der Waals surface area contributed by atoms with Crippen LogP contribution >= 0.6 is 0 Å². The van der Waals surface area contributed by atoms with Crippen molar-refractivity contribution in [1.29, 1.82) is 0 Å². The molecule has 3 aromatic rings. The first-order chi connectivity index (χ1) is 14.1. The molecule has 3 rings (SSSR count). The summed E-state index contributed by atoms with van der Waals surface area (Å²) in [5, 5.41) is 4.76. The van der Waals surface area contributed by atoms with Crippen LogP contribution in [0.1, 0.15) is 23.0 Å². The smallest absolute Gasteiger partial charge is 0.287 e. The first kappa shape index (κ1) is 20.1. The topological polar surface area (TPSA) is 94.2 Å². The summed E-state index contributed by atoms with van der Waals surface area (Å²) in [6.45, 7) is 2.53. The van der Waals surface area contributed by atoms with Crippen molar-refractivity contribution in [3.63, 3.8) is 0 Å². The number of amides is 1. The first-order valence-corrected chi connectivity index (χ1v) is 8.99. The second-order valence-electron chi connectivity index (χ2n) is 5.99. The highest BCUT2D eigenvalue weighted by Crippen LogP contribution is 2.43. The van der Waals surface area contributed by atoms with E-state index in [0.29, 0.717) is 35.1 Å². The number of carbonyl (C=O) groups excluding carboxylic acids is 1. The number of fused-ring (bicyclic) bond motifs is 1. The van der Waals surface area contributed by atoms with Gasteiger partial charge in [-0.1, -0.05) is 0 Å². The molecule has 8 nitrogen and oxygen atoms in total. The third kappa shape index (κ3) is 4.26. The summed E-state index contributed by atoms with van der Waals surface area (Å²) in [6, 6.07) is 10.9. The molecule has 0 saturated heterocycles. The molecule has 0 bridgehead atoms. The third-order valence-electron chi connectivity index (χ3n) is 4.24. The molecular formula is C21H23N3O5. The molecule has 0 saturated carbocycles. The van der Waals surface area contributed by atoms with Gasteiger partial charge in [0.05, 0.1) is 39.7 Å². The van der Waals surface area contributed by atoms with E-state index in [0.717, 1.165) is 16.7 Å². The number of hydrazone groups is 1. The Balaban J connectivity index is 1.78. The summed E-state index contributed by atoms with van der Waals surface area (Å²) in [5.41, 5.74) is 4.30. The van der Waals surface area contributed by atoms with Crippen LogP contribution in [0.15, 0.2) is 41.5 Å². The molecule has 8 heteroatoms. The number of carbonyl (C=O) groups is 1. The largest absolute Gasteiger partial charge is 0.494 e. The van der Waals surface area contributed by atoms with Crippen LogP contribution in [-0.2, 0) is 0 Å². The molecule has 1 aromatic heterocycles. The van der Waals surface area contributed by atoms with Crippen molar-refractivity contribution < 1.29 is 23.7 Å². The normalized spacial score (nSPS) is 10.9. The lowest BCUT2D eigenvalue weighted by Crippen LogP contribution is -2.17. The summed E-state index contributed by atoms with van der Waals surface area (Å²) in [5.74, 6) is 1.81. The number of benzene rings is 2. The van der Waals surface area contributed by atoms with Gasteiger partial charge in [-0.3, -0.25) is 4.79 Å². The fourth-order valence-corrected chi connectivity index (χ4v) is 2.91. The predicted octanol–water partition coefficient (Wildman–Crippen LogP) is 3.36. The standard InChI is InChI=1S/C21H23N3O5/c1-5-29-15-8-6-13(7-9-15)12-22-24-21(25)16-10-14-11-17(26-2)19(27-3)20(28-4)18(14)23-16/h6-12,23H,5H2,1-4H3,(H,24,25)/b22-12-. The lowest BCUT2D eigenvalue weighted by atomic mass is 10.2. The zero-order valence-electron chi connectivity index (χ0n) is 16.7. The average molecular weight is 397 g/mol. The Morgan fingerprint density at radius 2 is 1.79 bits per heavy atom. The van der Waals surface area contributed by atoms with E-state index in [9.17, 15) is 4.79 Å². The van der Waals surface area contributed by atoms with Crippen molar-refractivity contribution in [2.75, 3.05) is 27.9 Å². The molecule has 0 aliphatic rings. The van der Waals surface area contributed by atoms with Gasteiger partial charge in [0.15, 0.2) is 11.5 Å². The van der Waals surface area contributed by atoms with Crippen LogP contribution in [0.4, 0.5) is 0 Å². The van der Waals surface area contributed by atoms with Crippen molar-refractivity contribution in [3.8, 4) is 23.0 Å². The van der Waals surface area contributed by atoms with Crippen molar-refractivity contribution in [1.82, 2.24) is 10.4 Å². The van der Waals surface area contributed by atoms with Gasteiger partial charge in [0, 0.05) is 5.39 Å². The van der Waals surface area contributed by atoms with Gasteiger partial charge in [-0.15, -0.1) is 0 Å². The molecule has 0 fully saturated rings. The van der Waals surface area contributed by atoms with Gasteiger partial charge in [-0.2, -0.15) is 5.10 Å². The minimum atomic E-state index is -0.386. The summed E-state index contributed by atoms with van der Waals surface area (Å²) in [4.78, 5) is 15.5. The molecule has 2 N–H and O–H groups in total. The number of H-pyrrole nitrogens is 1. The number of nitrogens with one attached hydrogen (secondary N) is 2. The number of hydrogen-bond donors (Lipinski definition) is 2. The van der Waals surface area contributed by atoms with Crippen LogP contribution in [0.2, 0.25) is 0 Å². The number of aromatic nitrogens is 1. The van der Waals surface area contributed by atoms with E-state index in [1.54, 1.807) is 25.5 Å². The fourth-order valence-electron chi connectivity index (χ4n) is 2.91. The zero-order chi connectivity index (χ0) is 20.8. The van der Waals surface area contributed by atoms with E-state index >= 15 is 0 Å². The molecule has 1 heterocycles. The SMILES string of the molecule is CCOc1ccc(/C=N\NC(=O)c2cc3cc(OC)c(OC)c(OC)c3[nH]2)cc1. The minimum Gasteiger partial charge on any atom is -0.494 e. The van der Waals surface area contributed by atoms with E-state index < -0.39 is 0 Å². The lowest BCUT2D eigenvalue weighted by Gasteiger charge is -2.12. The van der Waals surface area contributed by atoms with Crippen molar-refractivity contribution >= 4 is 23.0 Å². The maximum atomic E-state index is 12.5. The number of nitrogens with zero attached hydrogens (tertiary/aromatic N) is 1. The summed E-state index contributed by atoms with van der Waals surface area (Å²) >= 11 is 0. The van der Waals surface area contributed by atoms with Gasteiger partial charge >= 0.3 is 0 Å². The van der Waals surface area contributed by atoms with Gasteiger partial charge in [-0.05, 0) is 48.9 Å². The molecule has 152 valence electrons. The Morgan fingerprint density at radius 3 is 2.41 bits per heavy atom. The molecule has 0 aliphatic heterocycles. The number of ether oxygens (including phenoxy) is 4. The summed E-state index contributed by atoms with van der Waals surface area (Å²) in [7, 11) is 4.59. The lowest BCUT2D eigenvalue weighted by molar-refractivity contribution is 0.0951. The van der Waals surface area contributed by atoms with Crippen LogP contribution in [0.3, 0.4) is 0 Å². The van der Waals surface area contributed by atoms with Gasteiger partial charge in [-0.25, -0.2) is 5.43 Å². The quantitative estimate of drug-likeness (QED) is 0.449. The van der Waals surface area contributed by atoms with Crippen LogP contribution < -0.4 is 24.4 Å². The highest BCUT2D eigenvalue weighted by atomic mass is 16.5. The number of hydrogen-bond acceptors (Lipinski definition) is 6. The third-order valence-corrected chi connectivity index (χ3v) is 4.24. The van der Waals surface area contributed by atoms with Crippen molar-refractivity contribution in [2.45, 2.75) is 6.92 Å². The average Bonchev–Trinajstić information content (AvgIpc) is 3.17. The molecule has 0 atom stereocenters. The number of aromatic amines is 1. The molecule has 0 radical (unpaired) electrons. The van der Waals surface area contributed by atoms with Crippen molar-refractivity contribution in [2.24, 2.45) is 5.10 Å². The maximum absolute atomic E-state index is 12.5. The van der Waals surface area contributed by atoms with Gasteiger partial charge in [0.2, 0.25) is 5.75 Å². The molecular weight excluding hydrogens is 374 g/mol. The number of rotatable bonds is 8. The first-order valence-electron chi connectivity index (χ1n) is 8.99. The van der Waals surface area contributed by atoms with E-state index in [1.165, 1.54) is 14.2 Å². The summed E-state index contributed by atoms with van der Waals surface area (Å²) in [6.07, 6.45) is 1.56. The second kappa shape index (κ2) is 9.01. The Morgan fingerprint density at radius 1 is 1.07 bits per heavy atom. The Labute approximate surface area is 168 Å². The van der Waals surface area contributed by atoms with E-state index in [4.69, 9.17) is 18.9 Å². The highest BCUT2D eigenvalue weighted by molar-refractivity contribution is 6.01. The van der Waals surface area contributed by atoms with Crippen LogP contribution in [0.25, 0.3) is 10.9 Å². The van der Waals surface area contributed by atoms with E-state index in [1.807, 2.05) is 31.2 Å². The second-order valence-corrected chi connectivity index (χ2v) is 5.99. The van der Waals surface area contributed by atoms with Gasteiger partial charge < -0.3 is 23.9 Å². The molecule has 0 spiro atoms. The van der Waals surface area contributed by atoms with E-state index in [-0.39, 0.29) is 5.91 Å². The fraction of sp³-hybridized carbons (Fsp3) is 0.238. The Bertz CT molecular complexity index is 1020. The molecule has 0 unspecified atom stereocenters. The van der Waals surface area contributed by atoms with Gasteiger partial charge in [0.25, 0.3) is 5.91 Å². The molecule has 1 amide bonds. The number of methoxy groups -OCH3 is 3. The monoisotopic (exact) mass is 397 g/mol. The van der Waals surface area contributed by atoms with Crippen molar-refractivity contribution in [3.05, 3.63) is 47.7 Å². The van der Waals surface area contributed by atoms with Crippen LogP contribution in [0, 0.1) is 0 Å². The van der Waals surface area contributed by atoms with Crippen LogP contribution in [0.5, 0.6) is 23.0 Å². The zero-order valence-corrected chi connectivity index (χ0v) is 16.7. The Hall–Kier alpha value is -3.68.